The van der Waals surface area contributed by atoms with Crippen LogP contribution in [0.3, 0.4) is 0 Å². The van der Waals surface area contributed by atoms with Gasteiger partial charge in [0.25, 0.3) is 0 Å². The average Bonchev–Trinajstić information content (AvgIpc) is 2.69. The molecule has 27 heavy (non-hydrogen) atoms. The Balaban J connectivity index is 1.33. The van der Waals surface area contributed by atoms with Crippen molar-refractivity contribution in [3.63, 3.8) is 0 Å². The number of benzene rings is 2. The molecular weight excluding hydrogens is 360 g/mol. The standard InChI is InChI=1S/C21H27ClN4O/c22-19-5-1-2-6-21(19)26-12-10-25(11-13-26)9-3-4-14-27-18-8-7-17(16-23)20(24)15-18/h1-2,5-8,15-16,23H,3-4,9-14,24H2. The topological polar surface area (TPSA) is 65.6 Å². The number of nitrogens with zero attached hydrogens (tertiary/aromatic N) is 2. The van der Waals surface area contributed by atoms with Crippen molar-refractivity contribution in [3.05, 3.63) is 53.1 Å². The zero-order chi connectivity index (χ0) is 19.1. The zero-order valence-corrected chi connectivity index (χ0v) is 16.3. The van der Waals surface area contributed by atoms with E-state index in [9.17, 15) is 0 Å². The van der Waals surface area contributed by atoms with Crippen LogP contribution in [0.5, 0.6) is 5.75 Å². The predicted molar refractivity (Wildman–Crippen MR) is 114 cm³/mol. The van der Waals surface area contributed by atoms with Crippen LogP contribution in [0.25, 0.3) is 0 Å². The molecule has 0 saturated carbocycles. The van der Waals surface area contributed by atoms with Crippen molar-refractivity contribution >= 4 is 29.2 Å². The van der Waals surface area contributed by atoms with Crippen LogP contribution in [0.15, 0.2) is 42.5 Å². The maximum Gasteiger partial charge on any atom is 0.121 e. The van der Waals surface area contributed by atoms with Gasteiger partial charge in [-0.15, -0.1) is 0 Å². The summed E-state index contributed by atoms with van der Waals surface area (Å²) in [6, 6.07) is 13.5. The van der Waals surface area contributed by atoms with E-state index in [0.29, 0.717) is 12.3 Å². The molecule has 2 aromatic carbocycles. The molecule has 0 spiro atoms. The number of nitrogen functional groups attached to an aromatic ring is 1. The third kappa shape index (κ3) is 5.37. The summed E-state index contributed by atoms with van der Waals surface area (Å²) in [4.78, 5) is 4.87. The van der Waals surface area contributed by atoms with Crippen molar-refractivity contribution in [3.8, 4) is 5.75 Å². The second-order valence-electron chi connectivity index (χ2n) is 6.77. The molecule has 0 amide bonds. The van der Waals surface area contributed by atoms with E-state index in [2.05, 4.69) is 15.9 Å². The summed E-state index contributed by atoms with van der Waals surface area (Å²) in [5, 5.41) is 8.09. The molecule has 144 valence electrons. The first kappa shape index (κ1) is 19.5. The predicted octanol–water partition coefficient (Wildman–Crippen LogP) is 3.90. The fourth-order valence-electron chi connectivity index (χ4n) is 3.32. The van der Waals surface area contributed by atoms with Crippen molar-refractivity contribution in [2.75, 3.05) is 50.0 Å². The highest BCUT2D eigenvalue weighted by Gasteiger charge is 2.18. The number of nitrogens with two attached hydrogens (primary N) is 1. The molecular formula is C21H27ClN4O. The number of nitrogens with one attached hydrogen (secondary N) is 1. The number of rotatable bonds is 8. The Kier molecular flexibility index (Phi) is 6.96. The minimum Gasteiger partial charge on any atom is -0.494 e. The fraction of sp³-hybridized carbons (Fsp3) is 0.381. The van der Waals surface area contributed by atoms with Gasteiger partial charge in [-0.3, -0.25) is 4.90 Å². The monoisotopic (exact) mass is 386 g/mol. The maximum absolute atomic E-state index is 7.26. The number of halogens is 1. The van der Waals surface area contributed by atoms with Crippen LogP contribution in [0.4, 0.5) is 11.4 Å². The Morgan fingerprint density at radius 2 is 1.85 bits per heavy atom. The molecule has 0 radical (unpaired) electrons. The molecule has 3 N–H and O–H groups in total. The SMILES string of the molecule is N=Cc1ccc(OCCCCN2CCN(c3ccccc3Cl)CC2)cc1N. The Hall–Kier alpha value is -2.24. The van der Waals surface area contributed by atoms with Crippen LogP contribution in [-0.2, 0) is 0 Å². The molecule has 1 heterocycles. The van der Waals surface area contributed by atoms with Crippen molar-refractivity contribution in [1.82, 2.24) is 4.90 Å². The van der Waals surface area contributed by atoms with Crippen molar-refractivity contribution < 1.29 is 4.74 Å². The second-order valence-corrected chi connectivity index (χ2v) is 7.18. The number of hydrogen-bond acceptors (Lipinski definition) is 5. The van der Waals surface area contributed by atoms with E-state index in [0.717, 1.165) is 67.6 Å². The fourth-order valence-corrected chi connectivity index (χ4v) is 3.58. The van der Waals surface area contributed by atoms with Crippen LogP contribution in [0.1, 0.15) is 18.4 Å². The van der Waals surface area contributed by atoms with Gasteiger partial charge >= 0.3 is 0 Å². The Morgan fingerprint density at radius 1 is 1.07 bits per heavy atom. The largest absolute Gasteiger partial charge is 0.494 e. The van der Waals surface area contributed by atoms with Crippen LogP contribution < -0.4 is 15.4 Å². The van der Waals surface area contributed by atoms with Gasteiger partial charge in [0, 0.05) is 49.7 Å². The molecule has 1 fully saturated rings. The van der Waals surface area contributed by atoms with E-state index in [1.165, 1.54) is 6.21 Å². The zero-order valence-electron chi connectivity index (χ0n) is 15.5. The molecule has 0 atom stereocenters. The lowest BCUT2D eigenvalue weighted by molar-refractivity contribution is 0.238. The summed E-state index contributed by atoms with van der Waals surface area (Å²) in [6.07, 6.45) is 3.38. The van der Waals surface area contributed by atoms with Crippen molar-refractivity contribution in [2.45, 2.75) is 12.8 Å². The van der Waals surface area contributed by atoms with Crippen molar-refractivity contribution in [2.24, 2.45) is 0 Å². The van der Waals surface area contributed by atoms with Crippen molar-refractivity contribution in [1.29, 1.82) is 5.41 Å². The normalized spacial score (nSPS) is 14.9. The minimum absolute atomic E-state index is 0.582. The first-order valence-electron chi connectivity index (χ1n) is 9.42. The molecule has 0 aliphatic carbocycles. The van der Waals surface area contributed by atoms with Gasteiger partial charge in [0.2, 0.25) is 0 Å². The van der Waals surface area contributed by atoms with Gasteiger partial charge in [0.1, 0.15) is 5.75 Å². The summed E-state index contributed by atoms with van der Waals surface area (Å²) in [7, 11) is 0. The van der Waals surface area contributed by atoms with Crippen LogP contribution in [0.2, 0.25) is 5.02 Å². The van der Waals surface area contributed by atoms with Gasteiger partial charge in [0.05, 0.1) is 17.3 Å². The third-order valence-corrected chi connectivity index (χ3v) is 5.24. The molecule has 0 aromatic heterocycles. The van der Waals surface area contributed by atoms with Crippen LogP contribution >= 0.6 is 11.6 Å². The number of piperazine rings is 1. The van der Waals surface area contributed by atoms with Gasteiger partial charge in [-0.05, 0) is 43.7 Å². The third-order valence-electron chi connectivity index (χ3n) is 4.92. The highest BCUT2D eigenvalue weighted by molar-refractivity contribution is 6.33. The molecule has 1 aliphatic rings. The Morgan fingerprint density at radius 3 is 2.56 bits per heavy atom. The lowest BCUT2D eigenvalue weighted by Gasteiger charge is -2.36. The van der Waals surface area contributed by atoms with Gasteiger partial charge in [-0.2, -0.15) is 0 Å². The van der Waals surface area contributed by atoms with E-state index in [4.69, 9.17) is 27.5 Å². The highest BCUT2D eigenvalue weighted by atomic mass is 35.5. The molecule has 0 bridgehead atoms. The van der Waals surface area contributed by atoms with Crippen LogP contribution in [0, 0.1) is 5.41 Å². The maximum atomic E-state index is 7.26. The number of hydrogen-bond donors (Lipinski definition) is 2. The summed E-state index contributed by atoms with van der Waals surface area (Å²) in [5.74, 6) is 0.770. The van der Waals surface area contributed by atoms with Gasteiger partial charge in [0.15, 0.2) is 0 Å². The average molecular weight is 387 g/mol. The molecule has 0 unspecified atom stereocenters. The van der Waals surface area contributed by atoms with Crippen LogP contribution in [-0.4, -0.2) is 50.4 Å². The lowest BCUT2D eigenvalue weighted by Crippen LogP contribution is -2.46. The molecule has 3 rings (SSSR count). The summed E-state index contributed by atoms with van der Waals surface area (Å²) in [6.45, 7) is 5.93. The highest BCUT2D eigenvalue weighted by Crippen LogP contribution is 2.26. The molecule has 2 aromatic rings. The quantitative estimate of drug-likeness (QED) is 0.410. The summed E-state index contributed by atoms with van der Waals surface area (Å²) >= 11 is 6.30. The molecule has 1 saturated heterocycles. The summed E-state index contributed by atoms with van der Waals surface area (Å²) in [5.41, 5.74) is 8.31. The number of para-hydroxylation sites is 1. The lowest BCUT2D eigenvalue weighted by atomic mass is 10.2. The van der Waals surface area contributed by atoms with E-state index in [1.807, 2.05) is 30.3 Å². The van der Waals surface area contributed by atoms with E-state index < -0.39 is 0 Å². The first-order valence-corrected chi connectivity index (χ1v) is 9.80. The van der Waals surface area contributed by atoms with Gasteiger partial charge in [-0.25, -0.2) is 0 Å². The Labute approximate surface area is 166 Å². The van der Waals surface area contributed by atoms with Gasteiger partial charge in [-0.1, -0.05) is 23.7 Å². The summed E-state index contributed by atoms with van der Waals surface area (Å²) < 4.78 is 5.77. The number of ether oxygens (including phenoxy) is 1. The minimum atomic E-state index is 0.582. The van der Waals surface area contributed by atoms with E-state index in [-0.39, 0.29) is 0 Å². The molecule has 6 heteroatoms. The Bertz CT molecular complexity index is 760. The first-order chi connectivity index (χ1) is 13.2. The smallest absolute Gasteiger partial charge is 0.121 e. The second kappa shape index (κ2) is 9.62. The van der Waals surface area contributed by atoms with E-state index >= 15 is 0 Å². The molecule has 1 aliphatic heterocycles. The van der Waals surface area contributed by atoms with Gasteiger partial charge < -0.3 is 20.8 Å². The number of anilines is 2. The number of unbranched alkanes of at least 4 members (excludes halogenated alkanes) is 1. The van der Waals surface area contributed by atoms with E-state index in [1.54, 1.807) is 6.07 Å². The molecule has 5 nitrogen and oxygen atoms in total.